The predicted molar refractivity (Wildman–Crippen MR) is 89.5 cm³/mol. The lowest BCUT2D eigenvalue weighted by Gasteiger charge is -2.31. The molecule has 1 saturated heterocycles. The Morgan fingerprint density at radius 2 is 2.00 bits per heavy atom. The number of hydrogen-bond donors (Lipinski definition) is 1. The first-order chi connectivity index (χ1) is 7.59. The molecule has 1 aliphatic heterocycles. The van der Waals surface area contributed by atoms with Crippen LogP contribution < -0.4 is 5.73 Å². The van der Waals surface area contributed by atoms with E-state index in [0.717, 1.165) is 37.3 Å². The third-order valence-electron chi connectivity index (χ3n) is 2.92. The van der Waals surface area contributed by atoms with Gasteiger partial charge in [-0.1, -0.05) is 20.8 Å². The lowest BCUT2D eigenvalue weighted by Crippen LogP contribution is -2.42. The van der Waals surface area contributed by atoms with Gasteiger partial charge in [0, 0.05) is 18.8 Å². The summed E-state index contributed by atoms with van der Waals surface area (Å²) >= 11 is 1.94. The minimum atomic E-state index is 0. The molecule has 1 heterocycles. The molecule has 0 aromatic rings. The van der Waals surface area contributed by atoms with Crippen molar-refractivity contribution in [2.75, 3.05) is 25.4 Å². The molecule has 3 nitrogen and oxygen atoms in total. The Morgan fingerprint density at radius 1 is 1.41 bits per heavy atom. The van der Waals surface area contributed by atoms with E-state index in [1.807, 2.05) is 11.8 Å². The van der Waals surface area contributed by atoms with Gasteiger partial charge in [-0.25, -0.2) is 0 Å². The van der Waals surface area contributed by atoms with Crippen molar-refractivity contribution >= 4 is 41.7 Å². The fourth-order valence-corrected chi connectivity index (χ4v) is 2.45. The van der Waals surface area contributed by atoms with Crippen molar-refractivity contribution in [2.24, 2.45) is 16.6 Å². The number of guanidine groups is 1. The highest BCUT2D eigenvalue weighted by Crippen LogP contribution is 2.15. The molecule has 0 spiro atoms. The SMILES string of the molecule is CC1CCN(C(N)=NCCSC(C)C)CC1.I. The summed E-state index contributed by atoms with van der Waals surface area (Å²) in [5.41, 5.74) is 5.98. The first-order valence-electron chi connectivity index (χ1n) is 6.26. The molecule has 0 radical (unpaired) electrons. The van der Waals surface area contributed by atoms with Gasteiger partial charge >= 0.3 is 0 Å². The van der Waals surface area contributed by atoms with Gasteiger partial charge in [0.05, 0.1) is 6.54 Å². The molecule has 0 saturated carbocycles. The molecule has 17 heavy (non-hydrogen) atoms. The molecule has 0 bridgehead atoms. The molecule has 0 aromatic heterocycles. The zero-order valence-corrected chi connectivity index (χ0v) is 14.3. The molecule has 0 unspecified atom stereocenters. The number of thioether (sulfide) groups is 1. The van der Waals surface area contributed by atoms with E-state index >= 15 is 0 Å². The monoisotopic (exact) mass is 371 g/mol. The minimum absolute atomic E-state index is 0. The number of nitrogens with two attached hydrogens (primary N) is 1. The molecule has 1 aliphatic rings. The Morgan fingerprint density at radius 3 is 2.53 bits per heavy atom. The highest BCUT2D eigenvalue weighted by Gasteiger charge is 2.16. The Bertz CT molecular complexity index is 226. The lowest BCUT2D eigenvalue weighted by atomic mass is 10.00. The normalized spacial score (nSPS) is 18.4. The highest BCUT2D eigenvalue weighted by atomic mass is 127. The average Bonchev–Trinajstić information content (AvgIpc) is 2.25. The van der Waals surface area contributed by atoms with Crippen LogP contribution in [0.2, 0.25) is 0 Å². The molecule has 5 heteroatoms. The van der Waals surface area contributed by atoms with Crippen molar-refractivity contribution in [2.45, 2.75) is 38.9 Å². The average molecular weight is 371 g/mol. The van der Waals surface area contributed by atoms with Crippen molar-refractivity contribution in [3.05, 3.63) is 0 Å². The van der Waals surface area contributed by atoms with E-state index in [0.29, 0.717) is 5.25 Å². The van der Waals surface area contributed by atoms with Crippen LogP contribution in [-0.2, 0) is 0 Å². The van der Waals surface area contributed by atoms with E-state index in [1.54, 1.807) is 0 Å². The zero-order valence-electron chi connectivity index (χ0n) is 11.2. The van der Waals surface area contributed by atoms with Crippen LogP contribution >= 0.6 is 35.7 Å². The molecule has 1 rings (SSSR count). The maximum atomic E-state index is 5.98. The Labute approximate surface area is 127 Å². The van der Waals surface area contributed by atoms with Crippen LogP contribution in [0, 0.1) is 5.92 Å². The third kappa shape index (κ3) is 7.39. The first-order valence-corrected chi connectivity index (χ1v) is 7.31. The van der Waals surface area contributed by atoms with Crippen molar-refractivity contribution in [3.8, 4) is 0 Å². The Kier molecular flexibility index (Phi) is 9.49. The summed E-state index contributed by atoms with van der Waals surface area (Å²) in [6, 6.07) is 0. The second kappa shape index (κ2) is 9.30. The number of aliphatic imine (C=N–C) groups is 1. The van der Waals surface area contributed by atoms with Crippen LogP contribution in [0.1, 0.15) is 33.6 Å². The van der Waals surface area contributed by atoms with Gasteiger partial charge in [-0.3, -0.25) is 4.99 Å². The Hall–Kier alpha value is 0.350. The van der Waals surface area contributed by atoms with Gasteiger partial charge in [0.25, 0.3) is 0 Å². The molecular weight excluding hydrogens is 345 g/mol. The molecule has 0 atom stereocenters. The first kappa shape index (κ1) is 17.4. The van der Waals surface area contributed by atoms with Gasteiger partial charge in [0.2, 0.25) is 0 Å². The van der Waals surface area contributed by atoms with E-state index in [1.165, 1.54) is 12.8 Å². The molecule has 1 fully saturated rings. The lowest BCUT2D eigenvalue weighted by molar-refractivity contribution is 0.278. The largest absolute Gasteiger partial charge is 0.370 e. The van der Waals surface area contributed by atoms with Gasteiger partial charge in [-0.15, -0.1) is 24.0 Å². The van der Waals surface area contributed by atoms with Gasteiger partial charge in [0.1, 0.15) is 0 Å². The summed E-state index contributed by atoms with van der Waals surface area (Å²) < 4.78 is 0. The minimum Gasteiger partial charge on any atom is -0.370 e. The van der Waals surface area contributed by atoms with Crippen LogP contribution in [0.3, 0.4) is 0 Å². The number of nitrogens with zero attached hydrogens (tertiary/aromatic N) is 2. The van der Waals surface area contributed by atoms with Crippen LogP contribution in [0.15, 0.2) is 4.99 Å². The van der Waals surface area contributed by atoms with Crippen LogP contribution in [0.25, 0.3) is 0 Å². The summed E-state index contributed by atoms with van der Waals surface area (Å²) in [7, 11) is 0. The topological polar surface area (TPSA) is 41.6 Å². The summed E-state index contributed by atoms with van der Waals surface area (Å²) in [5.74, 6) is 2.67. The van der Waals surface area contributed by atoms with E-state index in [2.05, 4.69) is 30.7 Å². The van der Waals surface area contributed by atoms with Crippen LogP contribution in [-0.4, -0.2) is 41.5 Å². The molecule has 2 N–H and O–H groups in total. The maximum absolute atomic E-state index is 5.98. The second-order valence-corrected chi connectivity index (χ2v) is 6.51. The molecule has 102 valence electrons. The molecule has 0 aromatic carbocycles. The van der Waals surface area contributed by atoms with Crippen molar-refractivity contribution in [1.82, 2.24) is 4.90 Å². The van der Waals surface area contributed by atoms with Crippen molar-refractivity contribution in [3.63, 3.8) is 0 Å². The predicted octanol–water partition coefficient (Wildman–Crippen LogP) is 2.79. The van der Waals surface area contributed by atoms with E-state index < -0.39 is 0 Å². The van der Waals surface area contributed by atoms with E-state index in [9.17, 15) is 0 Å². The summed E-state index contributed by atoms with van der Waals surface area (Å²) in [6.45, 7) is 9.74. The number of halogens is 1. The maximum Gasteiger partial charge on any atom is 0.191 e. The van der Waals surface area contributed by atoms with E-state index in [4.69, 9.17) is 5.73 Å². The summed E-state index contributed by atoms with van der Waals surface area (Å²) in [6.07, 6.45) is 2.49. The summed E-state index contributed by atoms with van der Waals surface area (Å²) in [5, 5.41) is 0.687. The quantitative estimate of drug-likeness (QED) is 0.358. The number of hydrogen-bond acceptors (Lipinski definition) is 2. The zero-order chi connectivity index (χ0) is 12.0. The van der Waals surface area contributed by atoms with Gasteiger partial charge < -0.3 is 10.6 Å². The fourth-order valence-electron chi connectivity index (χ4n) is 1.79. The van der Waals surface area contributed by atoms with Gasteiger partial charge in [-0.2, -0.15) is 11.8 Å². The number of piperidine rings is 1. The highest BCUT2D eigenvalue weighted by molar-refractivity contribution is 14.0. The standard InChI is InChI=1S/C12H25N3S.HI/c1-10(2)16-9-6-14-12(13)15-7-4-11(3)5-8-15;/h10-11H,4-9H2,1-3H3,(H2,13,14);1H. The molecular formula is C12H26IN3S. The second-order valence-electron chi connectivity index (χ2n) is 4.83. The van der Waals surface area contributed by atoms with Crippen molar-refractivity contribution in [1.29, 1.82) is 0 Å². The Balaban J connectivity index is 0.00000256. The van der Waals surface area contributed by atoms with Gasteiger partial charge in [-0.05, 0) is 24.0 Å². The van der Waals surface area contributed by atoms with Gasteiger partial charge in [0.15, 0.2) is 5.96 Å². The summed E-state index contributed by atoms with van der Waals surface area (Å²) in [4.78, 5) is 6.67. The number of rotatable bonds is 4. The van der Waals surface area contributed by atoms with Crippen LogP contribution in [0.4, 0.5) is 0 Å². The third-order valence-corrected chi connectivity index (χ3v) is 4.01. The van der Waals surface area contributed by atoms with E-state index in [-0.39, 0.29) is 24.0 Å². The fraction of sp³-hybridized carbons (Fsp3) is 0.917. The smallest absolute Gasteiger partial charge is 0.191 e. The van der Waals surface area contributed by atoms with Crippen molar-refractivity contribution < 1.29 is 0 Å². The molecule has 0 amide bonds. The van der Waals surface area contributed by atoms with Crippen LogP contribution in [0.5, 0.6) is 0 Å². The molecule has 0 aliphatic carbocycles. The number of likely N-dealkylation sites (tertiary alicyclic amines) is 1.